The smallest absolute Gasteiger partial charge is 0.260 e. The van der Waals surface area contributed by atoms with Crippen LogP contribution < -0.4 is 5.32 Å². The highest BCUT2D eigenvalue weighted by atomic mass is 16.2. The molecule has 1 aromatic rings. The Hall–Kier alpha value is -2.01. The summed E-state index contributed by atoms with van der Waals surface area (Å²) < 4.78 is 0. The number of fused-ring (bicyclic) bond motifs is 1. The lowest BCUT2D eigenvalue weighted by Crippen LogP contribution is -2.39. The molecule has 0 radical (unpaired) electrons. The molecule has 110 valence electrons. The van der Waals surface area contributed by atoms with E-state index in [-0.39, 0.29) is 29.9 Å². The van der Waals surface area contributed by atoms with E-state index in [1.165, 1.54) is 7.05 Å². The molecule has 2 heterocycles. The Balaban J connectivity index is 1.90. The van der Waals surface area contributed by atoms with Crippen LogP contribution >= 0.6 is 0 Å². The van der Waals surface area contributed by atoms with Gasteiger partial charge in [-0.3, -0.25) is 19.3 Å². The number of carbonyl (C=O) groups excluding carboxylic acids is 3. The summed E-state index contributed by atoms with van der Waals surface area (Å²) >= 11 is 0. The molecule has 3 rings (SSSR count). The van der Waals surface area contributed by atoms with Gasteiger partial charge in [0.1, 0.15) is 0 Å². The van der Waals surface area contributed by atoms with Crippen LogP contribution in [0.1, 0.15) is 39.1 Å². The lowest BCUT2D eigenvalue weighted by Gasteiger charge is -2.25. The molecule has 1 N–H and O–H groups in total. The number of benzene rings is 1. The normalized spacial score (nSPS) is 19.6. The van der Waals surface area contributed by atoms with Gasteiger partial charge in [-0.05, 0) is 37.6 Å². The van der Waals surface area contributed by atoms with Gasteiger partial charge in [-0.1, -0.05) is 12.1 Å². The van der Waals surface area contributed by atoms with E-state index in [0.29, 0.717) is 16.7 Å². The summed E-state index contributed by atoms with van der Waals surface area (Å²) in [5, 5.41) is 3.24. The minimum atomic E-state index is -0.318. The second-order valence-electron chi connectivity index (χ2n) is 5.70. The van der Waals surface area contributed by atoms with Crippen LogP contribution in [0.25, 0.3) is 0 Å². The van der Waals surface area contributed by atoms with Gasteiger partial charge in [0.2, 0.25) is 5.91 Å². The Labute approximate surface area is 123 Å². The third-order valence-corrected chi connectivity index (χ3v) is 4.36. The molecular formula is C16H18N2O3. The highest BCUT2D eigenvalue weighted by molar-refractivity contribution is 6.11. The standard InChI is InChI=1S/C16H18N2O3/c1-18-14(19)9-11-2-3-12(8-13(11)16(18)21)15(20)10-4-6-17-7-5-10/h2-3,8,10,17H,4-7,9H2,1H3. The molecule has 0 bridgehead atoms. The van der Waals surface area contributed by atoms with Crippen LogP contribution in [0, 0.1) is 5.92 Å². The first kappa shape index (κ1) is 13.9. The number of piperidine rings is 1. The second-order valence-corrected chi connectivity index (χ2v) is 5.70. The molecule has 21 heavy (non-hydrogen) atoms. The van der Waals surface area contributed by atoms with E-state index in [4.69, 9.17) is 0 Å². The van der Waals surface area contributed by atoms with Crippen molar-refractivity contribution in [2.75, 3.05) is 20.1 Å². The third kappa shape index (κ3) is 2.49. The Bertz CT molecular complexity index is 618. The molecule has 0 aliphatic carbocycles. The van der Waals surface area contributed by atoms with Crippen molar-refractivity contribution in [3.05, 3.63) is 34.9 Å². The van der Waals surface area contributed by atoms with E-state index >= 15 is 0 Å². The molecule has 5 nitrogen and oxygen atoms in total. The summed E-state index contributed by atoms with van der Waals surface area (Å²) in [5.74, 6) is -0.389. The van der Waals surface area contributed by atoms with Crippen LogP contribution in [0.4, 0.5) is 0 Å². The Morgan fingerprint density at radius 2 is 1.95 bits per heavy atom. The number of hydrogen-bond donors (Lipinski definition) is 1. The maximum atomic E-state index is 12.5. The maximum absolute atomic E-state index is 12.5. The fourth-order valence-corrected chi connectivity index (χ4v) is 2.98. The fraction of sp³-hybridized carbons (Fsp3) is 0.438. The van der Waals surface area contributed by atoms with Crippen LogP contribution in [0.2, 0.25) is 0 Å². The number of hydrogen-bond acceptors (Lipinski definition) is 4. The molecule has 1 aromatic carbocycles. The summed E-state index contributed by atoms with van der Waals surface area (Å²) in [6, 6.07) is 5.15. The average Bonchev–Trinajstić information content (AvgIpc) is 2.53. The van der Waals surface area contributed by atoms with Crippen LogP contribution in [0.15, 0.2) is 18.2 Å². The quantitative estimate of drug-likeness (QED) is 0.651. The highest BCUT2D eigenvalue weighted by Gasteiger charge is 2.30. The van der Waals surface area contributed by atoms with E-state index in [9.17, 15) is 14.4 Å². The molecule has 2 amide bonds. The lowest BCUT2D eigenvalue weighted by molar-refractivity contribution is -0.127. The highest BCUT2D eigenvalue weighted by Crippen LogP contribution is 2.24. The van der Waals surface area contributed by atoms with Gasteiger partial charge in [0.15, 0.2) is 5.78 Å². The fourth-order valence-electron chi connectivity index (χ4n) is 2.98. The van der Waals surface area contributed by atoms with Crippen molar-refractivity contribution in [3.63, 3.8) is 0 Å². The van der Waals surface area contributed by atoms with Crippen molar-refractivity contribution in [2.24, 2.45) is 5.92 Å². The van der Waals surface area contributed by atoms with Gasteiger partial charge < -0.3 is 5.32 Å². The van der Waals surface area contributed by atoms with Crippen LogP contribution in [-0.2, 0) is 11.2 Å². The van der Waals surface area contributed by atoms with Gasteiger partial charge in [0, 0.05) is 24.1 Å². The number of nitrogens with zero attached hydrogens (tertiary/aromatic N) is 1. The summed E-state index contributed by atoms with van der Waals surface area (Å²) in [6.07, 6.45) is 1.89. The van der Waals surface area contributed by atoms with Gasteiger partial charge in [0.25, 0.3) is 5.91 Å². The first-order valence-electron chi connectivity index (χ1n) is 7.26. The van der Waals surface area contributed by atoms with E-state index in [1.807, 2.05) is 0 Å². The second kappa shape index (κ2) is 5.41. The Morgan fingerprint density at radius 1 is 1.24 bits per heavy atom. The van der Waals surface area contributed by atoms with E-state index in [2.05, 4.69) is 5.32 Å². The first-order valence-corrected chi connectivity index (χ1v) is 7.26. The summed E-state index contributed by atoms with van der Waals surface area (Å²) in [4.78, 5) is 37.5. The van der Waals surface area contributed by atoms with E-state index in [1.54, 1.807) is 18.2 Å². The van der Waals surface area contributed by atoms with Gasteiger partial charge in [-0.2, -0.15) is 0 Å². The number of rotatable bonds is 2. The molecule has 0 atom stereocenters. The lowest BCUT2D eigenvalue weighted by atomic mass is 9.87. The van der Waals surface area contributed by atoms with Crippen molar-refractivity contribution >= 4 is 17.6 Å². The SMILES string of the molecule is CN1C(=O)Cc2ccc(C(=O)C3CCNCC3)cc2C1=O. The van der Waals surface area contributed by atoms with Crippen LogP contribution in [-0.4, -0.2) is 42.6 Å². The van der Waals surface area contributed by atoms with Crippen LogP contribution in [0.3, 0.4) is 0 Å². The molecule has 0 spiro atoms. The van der Waals surface area contributed by atoms with Crippen molar-refractivity contribution in [3.8, 4) is 0 Å². The number of likely N-dealkylation sites (N-methyl/N-ethyl adjacent to an activating group) is 1. The number of Topliss-reactive ketones (excluding diaryl/α,β-unsaturated/α-hetero) is 1. The molecule has 0 unspecified atom stereocenters. The van der Waals surface area contributed by atoms with Crippen LogP contribution in [0.5, 0.6) is 0 Å². The number of imide groups is 1. The third-order valence-electron chi connectivity index (χ3n) is 4.36. The summed E-state index contributed by atoms with van der Waals surface area (Å²) in [7, 11) is 1.48. The largest absolute Gasteiger partial charge is 0.317 e. The van der Waals surface area contributed by atoms with E-state index in [0.717, 1.165) is 30.8 Å². The van der Waals surface area contributed by atoms with E-state index < -0.39 is 0 Å². The monoisotopic (exact) mass is 286 g/mol. The molecule has 0 aromatic heterocycles. The zero-order valence-electron chi connectivity index (χ0n) is 12.0. The maximum Gasteiger partial charge on any atom is 0.260 e. The predicted octanol–water partition coefficient (Wildman–Crippen LogP) is 1.02. The molecule has 2 aliphatic rings. The zero-order valence-corrected chi connectivity index (χ0v) is 12.0. The Morgan fingerprint density at radius 3 is 2.67 bits per heavy atom. The molecule has 0 saturated carbocycles. The minimum Gasteiger partial charge on any atom is -0.317 e. The number of nitrogens with one attached hydrogen (secondary N) is 1. The average molecular weight is 286 g/mol. The number of carbonyl (C=O) groups is 3. The summed E-state index contributed by atoms with van der Waals surface area (Å²) in [5.41, 5.74) is 1.78. The molecular weight excluding hydrogens is 268 g/mol. The van der Waals surface area contributed by atoms with Gasteiger partial charge >= 0.3 is 0 Å². The van der Waals surface area contributed by atoms with Crippen molar-refractivity contribution in [2.45, 2.75) is 19.3 Å². The first-order chi connectivity index (χ1) is 10.1. The molecule has 2 aliphatic heterocycles. The van der Waals surface area contributed by atoms with Gasteiger partial charge in [-0.25, -0.2) is 0 Å². The van der Waals surface area contributed by atoms with Crippen molar-refractivity contribution in [1.82, 2.24) is 10.2 Å². The summed E-state index contributed by atoms with van der Waals surface area (Å²) in [6.45, 7) is 1.72. The Kier molecular flexibility index (Phi) is 3.59. The number of ketones is 1. The number of amides is 2. The zero-order chi connectivity index (χ0) is 15.0. The molecule has 1 saturated heterocycles. The predicted molar refractivity (Wildman–Crippen MR) is 77.2 cm³/mol. The molecule has 5 heteroatoms. The minimum absolute atomic E-state index is 0.0300. The topological polar surface area (TPSA) is 66.5 Å². The van der Waals surface area contributed by atoms with Crippen molar-refractivity contribution < 1.29 is 14.4 Å². The van der Waals surface area contributed by atoms with Gasteiger partial charge in [0.05, 0.1) is 6.42 Å². The van der Waals surface area contributed by atoms with Gasteiger partial charge in [-0.15, -0.1) is 0 Å². The van der Waals surface area contributed by atoms with Crippen molar-refractivity contribution in [1.29, 1.82) is 0 Å². The molecule has 1 fully saturated rings.